The van der Waals surface area contributed by atoms with E-state index >= 15 is 0 Å². The Kier molecular flexibility index (Phi) is 4.15. The van der Waals surface area contributed by atoms with Crippen LogP contribution in [0.5, 0.6) is 5.75 Å². The number of hydrogen-bond donors (Lipinski definition) is 0. The molecule has 0 saturated carbocycles. The summed E-state index contributed by atoms with van der Waals surface area (Å²) in [7, 11) is 0. The first-order valence-corrected chi connectivity index (χ1v) is 11.3. The van der Waals surface area contributed by atoms with E-state index in [1.54, 1.807) is 24.3 Å². The van der Waals surface area contributed by atoms with Gasteiger partial charge in [0.05, 0.1) is 17.5 Å². The predicted octanol–water partition coefficient (Wildman–Crippen LogP) is 4.57. The van der Waals surface area contributed by atoms with Gasteiger partial charge in [0.1, 0.15) is 5.75 Å². The number of hydrogen-bond acceptors (Lipinski definition) is 4. The number of nitrogens with zero attached hydrogens (tertiary/aromatic N) is 1. The molecule has 0 unspecified atom stereocenters. The van der Waals surface area contributed by atoms with Crippen LogP contribution >= 0.6 is 0 Å². The molecule has 0 N–H and O–H groups in total. The van der Waals surface area contributed by atoms with Gasteiger partial charge in [-0.1, -0.05) is 55.5 Å². The molecule has 1 saturated heterocycles. The van der Waals surface area contributed by atoms with Gasteiger partial charge in [-0.15, -0.1) is 0 Å². The third kappa shape index (κ3) is 2.45. The number of imide groups is 1. The maximum atomic E-state index is 14.0. The molecule has 3 aromatic carbocycles. The summed E-state index contributed by atoms with van der Waals surface area (Å²) in [6.07, 6.45) is 0.729. The normalized spacial score (nSPS) is 26.6. The molecular weight excluding hydrogens is 414 g/mol. The molecule has 164 valence electrons. The van der Waals surface area contributed by atoms with Crippen molar-refractivity contribution >= 4 is 23.5 Å². The molecule has 4 aliphatic rings. The van der Waals surface area contributed by atoms with Gasteiger partial charge >= 0.3 is 5.97 Å². The molecule has 5 nitrogen and oxygen atoms in total. The van der Waals surface area contributed by atoms with Gasteiger partial charge in [0, 0.05) is 18.3 Å². The zero-order valence-electron chi connectivity index (χ0n) is 18.4. The molecule has 7 rings (SSSR count). The molecule has 1 heterocycles. The Hall–Kier alpha value is -3.73. The quantitative estimate of drug-likeness (QED) is 0.342. The largest absolute Gasteiger partial charge is 0.427 e. The van der Waals surface area contributed by atoms with Crippen LogP contribution in [0.2, 0.25) is 0 Å². The summed E-state index contributed by atoms with van der Waals surface area (Å²) in [5.74, 6) is -1.36. The predicted molar refractivity (Wildman–Crippen MR) is 123 cm³/mol. The molecule has 0 spiro atoms. The Morgan fingerprint density at radius 2 is 1.45 bits per heavy atom. The van der Waals surface area contributed by atoms with Crippen molar-refractivity contribution in [3.8, 4) is 5.75 Å². The number of rotatable bonds is 3. The molecule has 0 radical (unpaired) electrons. The minimum atomic E-state index is -0.536. The van der Waals surface area contributed by atoms with E-state index in [1.807, 2.05) is 24.3 Å². The Bertz CT molecular complexity index is 1280. The highest BCUT2D eigenvalue weighted by atomic mass is 16.5. The van der Waals surface area contributed by atoms with Crippen molar-refractivity contribution < 1.29 is 19.1 Å². The highest BCUT2D eigenvalue weighted by Crippen LogP contribution is 2.65. The summed E-state index contributed by atoms with van der Waals surface area (Å²) in [6.45, 7) is 3.45. The lowest BCUT2D eigenvalue weighted by Gasteiger charge is -2.54. The molecule has 1 fully saturated rings. The summed E-state index contributed by atoms with van der Waals surface area (Å²) >= 11 is 0. The second-order valence-corrected chi connectivity index (χ2v) is 9.08. The summed E-state index contributed by atoms with van der Waals surface area (Å²) in [5, 5.41) is 0. The van der Waals surface area contributed by atoms with Gasteiger partial charge in [-0.3, -0.25) is 14.4 Å². The van der Waals surface area contributed by atoms with Crippen LogP contribution in [0.15, 0.2) is 72.8 Å². The van der Waals surface area contributed by atoms with Gasteiger partial charge in [-0.2, -0.15) is 0 Å². The zero-order chi connectivity index (χ0) is 22.9. The van der Waals surface area contributed by atoms with Crippen LogP contribution in [0, 0.1) is 11.8 Å². The molecule has 2 bridgehead atoms. The molecule has 1 aliphatic heterocycles. The number of amides is 2. The second-order valence-electron chi connectivity index (χ2n) is 9.08. The summed E-state index contributed by atoms with van der Waals surface area (Å²) < 4.78 is 5.11. The summed E-state index contributed by atoms with van der Waals surface area (Å²) in [6, 6.07) is 23.2. The van der Waals surface area contributed by atoms with E-state index in [-0.39, 0.29) is 17.7 Å². The highest BCUT2D eigenvalue weighted by Gasteiger charge is 2.67. The number of anilines is 1. The van der Waals surface area contributed by atoms with Crippen LogP contribution in [0.3, 0.4) is 0 Å². The van der Waals surface area contributed by atoms with Crippen molar-refractivity contribution in [1.29, 1.82) is 0 Å². The Morgan fingerprint density at radius 1 is 0.879 bits per heavy atom. The van der Waals surface area contributed by atoms with Gasteiger partial charge in [0.25, 0.3) is 0 Å². The van der Waals surface area contributed by atoms with Crippen molar-refractivity contribution in [1.82, 2.24) is 0 Å². The maximum Gasteiger partial charge on any atom is 0.308 e. The number of carbonyl (C=O) groups excluding carboxylic acids is 3. The van der Waals surface area contributed by atoms with Crippen LogP contribution in [0.4, 0.5) is 5.69 Å². The smallest absolute Gasteiger partial charge is 0.308 e. The monoisotopic (exact) mass is 437 g/mol. The molecule has 2 amide bonds. The van der Waals surface area contributed by atoms with Gasteiger partial charge in [0.2, 0.25) is 11.8 Å². The molecule has 2 atom stereocenters. The third-order valence-corrected chi connectivity index (χ3v) is 7.71. The standard InChI is InChI=1S/C28H23NO4/c1-3-28-21-10-6-4-8-19(21)23(20-9-5-7-11-22(20)28)24-25(28)27(32)29(26(24)31)17-12-14-18(15-13-17)33-16(2)30/h4-15,23-25H,3H2,1-2H3/t23?,24-,25-,28?/m0/s1. The number of benzene rings is 3. The third-order valence-electron chi connectivity index (χ3n) is 7.71. The van der Waals surface area contributed by atoms with Crippen molar-refractivity contribution in [2.45, 2.75) is 31.6 Å². The van der Waals surface area contributed by atoms with Gasteiger partial charge < -0.3 is 4.74 Å². The van der Waals surface area contributed by atoms with E-state index < -0.39 is 23.2 Å². The van der Waals surface area contributed by atoms with Crippen LogP contribution in [0.1, 0.15) is 48.4 Å². The van der Waals surface area contributed by atoms with Crippen LogP contribution < -0.4 is 9.64 Å². The van der Waals surface area contributed by atoms with E-state index in [0.29, 0.717) is 11.4 Å². The van der Waals surface area contributed by atoms with Crippen LogP contribution in [-0.4, -0.2) is 17.8 Å². The first-order valence-electron chi connectivity index (χ1n) is 11.3. The van der Waals surface area contributed by atoms with Crippen LogP contribution in [0.25, 0.3) is 0 Å². The highest BCUT2D eigenvalue weighted by molar-refractivity contribution is 6.23. The van der Waals surface area contributed by atoms with E-state index in [2.05, 4.69) is 31.2 Å². The fraction of sp³-hybridized carbons (Fsp3) is 0.250. The van der Waals surface area contributed by atoms with Gasteiger partial charge in [-0.05, 0) is 52.9 Å². The zero-order valence-corrected chi connectivity index (χ0v) is 18.4. The lowest BCUT2D eigenvalue weighted by Crippen LogP contribution is -2.53. The Morgan fingerprint density at radius 3 is 2.00 bits per heavy atom. The molecule has 33 heavy (non-hydrogen) atoms. The lowest BCUT2D eigenvalue weighted by molar-refractivity contribution is -0.132. The van der Waals surface area contributed by atoms with E-state index in [9.17, 15) is 14.4 Å². The number of esters is 1. The van der Waals surface area contributed by atoms with Gasteiger partial charge in [-0.25, -0.2) is 4.90 Å². The Labute approximate surface area is 192 Å². The van der Waals surface area contributed by atoms with E-state index in [1.165, 1.54) is 23.0 Å². The average molecular weight is 437 g/mol. The summed E-state index contributed by atoms with van der Waals surface area (Å²) in [5.41, 5.74) is 4.64. The van der Waals surface area contributed by atoms with Crippen LogP contribution in [-0.2, 0) is 19.8 Å². The second kappa shape index (κ2) is 6.88. The van der Waals surface area contributed by atoms with Crippen molar-refractivity contribution in [2.24, 2.45) is 11.8 Å². The van der Waals surface area contributed by atoms with Crippen molar-refractivity contribution in [3.63, 3.8) is 0 Å². The van der Waals surface area contributed by atoms with Gasteiger partial charge in [0.15, 0.2) is 0 Å². The van der Waals surface area contributed by atoms with E-state index in [4.69, 9.17) is 4.74 Å². The number of carbonyl (C=O) groups is 3. The fourth-order valence-corrected chi connectivity index (χ4v) is 6.61. The topological polar surface area (TPSA) is 63.7 Å². The number of ether oxygens (including phenoxy) is 1. The first-order chi connectivity index (χ1) is 16.0. The average Bonchev–Trinajstić information content (AvgIpc) is 3.10. The lowest BCUT2D eigenvalue weighted by atomic mass is 9.46. The Balaban J connectivity index is 1.53. The minimum absolute atomic E-state index is 0.141. The molecule has 5 heteroatoms. The first kappa shape index (κ1) is 19.9. The molecule has 3 aromatic rings. The minimum Gasteiger partial charge on any atom is -0.427 e. The molecular formula is C28H23NO4. The maximum absolute atomic E-state index is 14.0. The van der Waals surface area contributed by atoms with Crippen molar-refractivity contribution in [2.75, 3.05) is 4.90 Å². The summed E-state index contributed by atoms with van der Waals surface area (Å²) in [4.78, 5) is 40.5. The molecule has 0 aromatic heterocycles. The van der Waals surface area contributed by atoms with E-state index in [0.717, 1.165) is 17.5 Å². The fourth-order valence-electron chi connectivity index (χ4n) is 6.61. The molecule has 3 aliphatic carbocycles. The van der Waals surface area contributed by atoms with Crippen molar-refractivity contribution in [3.05, 3.63) is 95.1 Å². The SMILES string of the molecule is CCC12c3ccccc3C(c3ccccc31)[C@@H]1C(=O)N(c3ccc(OC(C)=O)cc3)C(=O)[C@H]12.